The van der Waals surface area contributed by atoms with Crippen LogP contribution >= 0.6 is 0 Å². The predicted molar refractivity (Wildman–Crippen MR) is 104 cm³/mol. The summed E-state index contributed by atoms with van der Waals surface area (Å²) in [6.07, 6.45) is 0. The second-order valence-electron chi connectivity index (χ2n) is 5.96. The van der Waals surface area contributed by atoms with Crippen LogP contribution in [0.4, 0.5) is 6.01 Å². The maximum atomic E-state index is 12.5. The molecule has 2 aromatic heterocycles. The van der Waals surface area contributed by atoms with Gasteiger partial charge in [0.05, 0.1) is 21.3 Å². The Morgan fingerprint density at radius 3 is 2.38 bits per heavy atom. The highest BCUT2D eigenvalue weighted by Gasteiger charge is 2.18. The van der Waals surface area contributed by atoms with Crippen LogP contribution in [-0.4, -0.2) is 37.4 Å². The third-order valence-electron chi connectivity index (χ3n) is 4.20. The summed E-state index contributed by atoms with van der Waals surface area (Å²) >= 11 is 0. The first-order valence-corrected chi connectivity index (χ1v) is 8.56. The smallest absolute Gasteiger partial charge is 0.322 e. The Kier molecular flexibility index (Phi) is 4.78. The van der Waals surface area contributed by atoms with Crippen molar-refractivity contribution in [3.63, 3.8) is 0 Å². The Morgan fingerprint density at radius 2 is 1.69 bits per heavy atom. The van der Waals surface area contributed by atoms with Gasteiger partial charge in [0.25, 0.3) is 5.91 Å². The zero-order chi connectivity index (χ0) is 20.4. The molecule has 1 amide bonds. The number of anilines is 1. The summed E-state index contributed by atoms with van der Waals surface area (Å²) in [6.45, 7) is 0. The first-order valence-electron chi connectivity index (χ1n) is 8.56. The number of rotatable bonds is 6. The van der Waals surface area contributed by atoms with Gasteiger partial charge < -0.3 is 23.0 Å². The molecule has 4 rings (SSSR count). The summed E-state index contributed by atoms with van der Waals surface area (Å²) in [4.78, 5) is 12.5. The van der Waals surface area contributed by atoms with Crippen LogP contribution in [0.3, 0.4) is 0 Å². The van der Waals surface area contributed by atoms with Gasteiger partial charge in [0.2, 0.25) is 5.89 Å². The lowest BCUT2D eigenvalue weighted by molar-refractivity contribution is 0.0995. The number of hydrogen-bond donors (Lipinski definition) is 1. The lowest BCUT2D eigenvalue weighted by atomic mass is 10.2. The van der Waals surface area contributed by atoms with Crippen LogP contribution in [0.5, 0.6) is 17.2 Å². The van der Waals surface area contributed by atoms with Crippen molar-refractivity contribution in [2.24, 2.45) is 0 Å². The zero-order valence-electron chi connectivity index (χ0n) is 15.9. The Hall–Kier alpha value is -4.01. The highest BCUT2D eigenvalue weighted by Crippen LogP contribution is 2.31. The van der Waals surface area contributed by atoms with E-state index in [4.69, 9.17) is 23.0 Å². The van der Waals surface area contributed by atoms with Crippen molar-refractivity contribution in [1.29, 1.82) is 0 Å². The van der Waals surface area contributed by atoms with E-state index < -0.39 is 5.91 Å². The monoisotopic (exact) mass is 395 g/mol. The third-order valence-corrected chi connectivity index (χ3v) is 4.20. The maximum absolute atomic E-state index is 12.5. The minimum atomic E-state index is -0.526. The van der Waals surface area contributed by atoms with E-state index in [9.17, 15) is 4.79 Å². The van der Waals surface area contributed by atoms with Gasteiger partial charge in [0, 0.05) is 17.0 Å². The largest absolute Gasteiger partial charge is 0.497 e. The van der Waals surface area contributed by atoms with E-state index in [0.29, 0.717) is 28.4 Å². The molecule has 0 spiro atoms. The SMILES string of the molecule is COc1cc(OC)cc(-c2nnc(NC(=O)c3cc4cccc(OC)c4o3)o2)c1. The first kappa shape index (κ1) is 18.4. The van der Waals surface area contributed by atoms with Crippen molar-refractivity contribution in [2.45, 2.75) is 0 Å². The third kappa shape index (κ3) is 3.57. The van der Waals surface area contributed by atoms with Crippen molar-refractivity contribution < 1.29 is 27.8 Å². The zero-order valence-corrected chi connectivity index (χ0v) is 15.9. The van der Waals surface area contributed by atoms with Gasteiger partial charge >= 0.3 is 6.01 Å². The number of para-hydroxylation sites is 1. The molecular formula is C20H17N3O6. The first-order chi connectivity index (χ1) is 14.1. The Balaban J connectivity index is 1.57. The molecule has 0 aliphatic heterocycles. The van der Waals surface area contributed by atoms with Crippen molar-refractivity contribution in [3.05, 3.63) is 48.2 Å². The fraction of sp³-hybridized carbons (Fsp3) is 0.150. The molecule has 9 heteroatoms. The molecule has 0 bridgehead atoms. The van der Waals surface area contributed by atoms with E-state index in [0.717, 1.165) is 5.39 Å². The van der Waals surface area contributed by atoms with E-state index in [2.05, 4.69) is 15.5 Å². The van der Waals surface area contributed by atoms with Crippen molar-refractivity contribution in [3.8, 4) is 28.7 Å². The second kappa shape index (κ2) is 7.55. The molecule has 0 aliphatic rings. The molecule has 1 N–H and O–H groups in total. The van der Waals surface area contributed by atoms with E-state index in [-0.39, 0.29) is 17.7 Å². The quantitative estimate of drug-likeness (QED) is 0.526. The minimum Gasteiger partial charge on any atom is -0.497 e. The highest BCUT2D eigenvalue weighted by atomic mass is 16.5. The number of aromatic nitrogens is 2. The average Bonchev–Trinajstić information content (AvgIpc) is 3.40. The number of nitrogens with zero attached hydrogens (tertiary/aromatic N) is 2. The summed E-state index contributed by atoms with van der Waals surface area (Å²) in [5.41, 5.74) is 1.07. The van der Waals surface area contributed by atoms with Crippen LogP contribution < -0.4 is 19.5 Å². The van der Waals surface area contributed by atoms with Gasteiger partial charge in [-0.15, -0.1) is 5.10 Å². The van der Waals surface area contributed by atoms with Crippen molar-refractivity contribution >= 4 is 22.9 Å². The van der Waals surface area contributed by atoms with E-state index in [1.54, 1.807) is 44.6 Å². The van der Waals surface area contributed by atoms with Crippen LogP contribution in [0.15, 0.2) is 51.3 Å². The number of methoxy groups -OCH3 is 3. The van der Waals surface area contributed by atoms with Gasteiger partial charge in [0.15, 0.2) is 17.1 Å². The van der Waals surface area contributed by atoms with Crippen LogP contribution in [0.1, 0.15) is 10.6 Å². The van der Waals surface area contributed by atoms with Crippen LogP contribution in [-0.2, 0) is 0 Å². The van der Waals surface area contributed by atoms with Gasteiger partial charge in [-0.05, 0) is 24.3 Å². The maximum Gasteiger partial charge on any atom is 0.322 e. The van der Waals surface area contributed by atoms with Crippen LogP contribution in [0.2, 0.25) is 0 Å². The lowest BCUT2D eigenvalue weighted by Crippen LogP contribution is -2.10. The molecule has 0 saturated carbocycles. The van der Waals surface area contributed by atoms with Crippen LogP contribution in [0.25, 0.3) is 22.4 Å². The van der Waals surface area contributed by atoms with Gasteiger partial charge in [-0.2, -0.15) is 0 Å². The summed E-state index contributed by atoms with van der Waals surface area (Å²) in [6, 6.07) is 12.1. The van der Waals surface area contributed by atoms with E-state index >= 15 is 0 Å². The minimum absolute atomic E-state index is 0.0702. The molecule has 148 valence electrons. The lowest BCUT2D eigenvalue weighted by Gasteiger charge is -2.05. The molecule has 0 radical (unpaired) electrons. The molecule has 0 unspecified atom stereocenters. The van der Waals surface area contributed by atoms with Gasteiger partial charge in [-0.1, -0.05) is 17.2 Å². The summed E-state index contributed by atoms with van der Waals surface area (Å²) in [5.74, 6) is 1.44. The van der Waals surface area contributed by atoms with Gasteiger partial charge in [-0.3, -0.25) is 10.1 Å². The molecule has 0 atom stereocenters. The number of ether oxygens (including phenoxy) is 3. The normalized spacial score (nSPS) is 10.7. The fourth-order valence-electron chi connectivity index (χ4n) is 2.79. The topological polar surface area (TPSA) is 109 Å². The molecule has 4 aromatic rings. The van der Waals surface area contributed by atoms with E-state index in [1.165, 1.54) is 7.11 Å². The molecule has 0 aliphatic carbocycles. The van der Waals surface area contributed by atoms with Crippen molar-refractivity contribution in [2.75, 3.05) is 26.6 Å². The van der Waals surface area contributed by atoms with Gasteiger partial charge in [-0.25, -0.2) is 0 Å². The molecule has 29 heavy (non-hydrogen) atoms. The fourth-order valence-corrected chi connectivity index (χ4v) is 2.79. The number of amides is 1. The number of fused-ring (bicyclic) bond motifs is 1. The van der Waals surface area contributed by atoms with E-state index in [1.807, 2.05) is 12.1 Å². The number of hydrogen-bond acceptors (Lipinski definition) is 8. The summed E-state index contributed by atoms with van der Waals surface area (Å²) < 4.78 is 26.9. The number of furan rings is 1. The second-order valence-corrected chi connectivity index (χ2v) is 5.96. The van der Waals surface area contributed by atoms with Crippen LogP contribution in [0, 0.1) is 0 Å². The number of carbonyl (C=O) groups excluding carboxylic acids is 1. The number of carbonyl (C=O) groups is 1. The number of benzene rings is 2. The molecule has 2 aromatic carbocycles. The molecule has 0 fully saturated rings. The average molecular weight is 395 g/mol. The Labute approximate surface area is 165 Å². The predicted octanol–water partition coefficient (Wildman–Crippen LogP) is 3.76. The Bertz CT molecular complexity index is 1160. The highest BCUT2D eigenvalue weighted by molar-refractivity contribution is 6.04. The summed E-state index contributed by atoms with van der Waals surface area (Å²) in [5, 5.41) is 11.1. The summed E-state index contributed by atoms with van der Waals surface area (Å²) in [7, 11) is 4.62. The molecule has 0 saturated heterocycles. The van der Waals surface area contributed by atoms with Gasteiger partial charge in [0.1, 0.15) is 11.5 Å². The number of nitrogens with one attached hydrogen (secondary N) is 1. The Morgan fingerprint density at radius 1 is 0.931 bits per heavy atom. The standard InChI is InChI=1S/C20H17N3O6/c1-25-13-7-12(8-14(10-13)26-2)19-22-23-20(29-19)21-18(24)16-9-11-5-4-6-15(27-3)17(11)28-16/h4-10H,1-3H3,(H,21,23,24). The molecular weight excluding hydrogens is 378 g/mol. The van der Waals surface area contributed by atoms with Crippen molar-refractivity contribution in [1.82, 2.24) is 10.2 Å². The molecule has 9 nitrogen and oxygen atoms in total. The molecule has 2 heterocycles.